The topological polar surface area (TPSA) is 23.5 Å². The van der Waals surface area contributed by atoms with Gasteiger partial charge in [-0.2, -0.15) is 30.3 Å². The van der Waals surface area contributed by atoms with Crippen molar-refractivity contribution in [2.45, 2.75) is 6.23 Å². The van der Waals surface area contributed by atoms with Crippen molar-refractivity contribution in [3.05, 3.63) is 35.9 Å². The van der Waals surface area contributed by atoms with Crippen LogP contribution in [0, 0.1) is 47.8 Å². The molecule has 1 rings (SSSR count). The zero-order valence-electron chi connectivity index (χ0n) is 6.66. The fourth-order valence-corrected chi connectivity index (χ4v) is 0.773. The van der Waals surface area contributed by atoms with E-state index in [9.17, 15) is 4.48 Å². The van der Waals surface area contributed by atoms with Crippen molar-refractivity contribution >= 4 is 0 Å². The molecule has 0 aromatic heterocycles. The molecule has 1 atom stereocenters. The third-order valence-electron chi connectivity index (χ3n) is 1.37. The Morgan fingerprint density at radius 3 is 2.75 bits per heavy atom. The maximum absolute atomic E-state index is 12.4. The molecule has 1 unspecified atom stereocenters. The minimum absolute atomic E-state index is 0. The Balaban J connectivity index is 0.00000121. The molecule has 0 fully saturated rings. The van der Waals surface area contributed by atoms with E-state index < -0.39 is 6.23 Å². The summed E-state index contributed by atoms with van der Waals surface area (Å²) in [4.78, 5) is 0. The molecule has 0 radical (unpaired) electrons. The SMILES string of the molecule is CN(F)C(O)c1c[c-]ccc1.[Ce]. The van der Waals surface area contributed by atoms with Gasteiger partial charge in [0.25, 0.3) is 0 Å². The Labute approximate surface area is 105 Å². The number of benzene rings is 1. The Hall–Kier alpha value is 0.447. The van der Waals surface area contributed by atoms with E-state index in [0.29, 0.717) is 5.56 Å². The van der Waals surface area contributed by atoms with E-state index in [1.165, 1.54) is 0 Å². The molecule has 1 N–H and O–H groups in total. The molecular weight excluding hydrogens is 285 g/mol. The Morgan fingerprint density at radius 1 is 1.67 bits per heavy atom. The summed E-state index contributed by atoms with van der Waals surface area (Å²) in [6.45, 7) is 0. The second-order valence-electron chi connectivity index (χ2n) is 2.24. The molecule has 2 nitrogen and oxygen atoms in total. The summed E-state index contributed by atoms with van der Waals surface area (Å²) in [6, 6.07) is 9.31. The van der Waals surface area contributed by atoms with Crippen LogP contribution in [0.25, 0.3) is 0 Å². The van der Waals surface area contributed by atoms with E-state index in [1.54, 1.807) is 24.3 Å². The first kappa shape index (κ1) is 12.4. The van der Waals surface area contributed by atoms with Crippen molar-refractivity contribution < 1.29 is 51.3 Å². The Kier molecular flexibility index (Phi) is 6.21. The number of aliphatic hydroxyl groups is 1. The second-order valence-corrected chi connectivity index (χ2v) is 2.24. The molecule has 0 amide bonds. The van der Waals surface area contributed by atoms with Gasteiger partial charge in [-0.15, -0.1) is 15.2 Å². The number of hydrogen-bond acceptors (Lipinski definition) is 2. The van der Waals surface area contributed by atoms with Crippen molar-refractivity contribution in [1.29, 1.82) is 0 Å². The van der Waals surface area contributed by atoms with Crippen LogP contribution in [-0.2, 0) is 0 Å². The van der Waals surface area contributed by atoms with Crippen molar-refractivity contribution in [3.63, 3.8) is 0 Å². The predicted octanol–water partition coefficient (Wildman–Crippen LogP) is 1.29. The molecule has 0 heterocycles. The van der Waals surface area contributed by atoms with Crippen LogP contribution in [0.1, 0.15) is 11.8 Å². The van der Waals surface area contributed by atoms with Gasteiger partial charge in [0, 0.05) is 48.8 Å². The largest absolute Gasteiger partial charge is 0.383 e. The first-order valence-electron chi connectivity index (χ1n) is 3.24. The molecule has 0 saturated heterocycles. The molecule has 0 saturated carbocycles. The third kappa shape index (κ3) is 3.45. The van der Waals surface area contributed by atoms with Crippen molar-refractivity contribution in [2.24, 2.45) is 0 Å². The van der Waals surface area contributed by atoms with E-state index in [-0.39, 0.29) is 46.9 Å². The second kappa shape index (κ2) is 5.99. The molecule has 0 aliphatic carbocycles. The number of hydrogen-bond donors (Lipinski definition) is 1. The van der Waals surface area contributed by atoms with Crippen LogP contribution in [0.2, 0.25) is 0 Å². The summed E-state index contributed by atoms with van der Waals surface area (Å²) >= 11 is 0. The van der Waals surface area contributed by atoms with Gasteiger partial charge in [-0.05, 0) is 0 Å². The smallest absolute Gasteiger partial charge is 0.116 e. The summed E-state index contributed by atoms with van der Waals surface area (Å²) in [6.07, 6.45) is -1.19. The van der Waals surface area contributed by atoms with Crippen molar-refractivity contribution in [3.8, 4) is 0 Å². The molecule has 0 bridgehead atoms. The van der Waals surface area contributed by atoms with Gasteiger partial charge in [-0.1, -0.05) is 0 Å². The van der Waals surface area contributed by atoms with Crippen molar-refractivity contribution in [1.82, 2.24) is 5.12 Å². The van der Waals surface area contributed by atoms with E-state index in [2.05, 4.69) is 6.07 Å². The maximum Gasteiger partial charge on any atom is 0.116 e. The van der Waals surface area contributed by atoms with Crippen LogP contribution in [0.5, 0.6) is 0 Å². The van der Waals surface area contributed by atoms with E-state index in [0.717, 1.165) is 7.05 Å². The van der Waals surface area contributed by atoms with Gasteiger partial charge in [0.2, 0.25) is 0 Å². The number of halogens is 1. The van der Waals surface area contributed by atoms with Crippen LogP contribution >= 0.6 is 0 Å². The zero-order valence-corrected chi connectivity index (χ0v) is 9.80. The average molecular weight is 294 g/mol. The minimum atomic E-state index is -1.19. The molecule has 0 aliphatic heterocycles. The average Bonchev–Trinajstić information content (AvgIpc) is 2.05. The predicted molar refractivity (Wildman–Crippen MR) is 39.1 cm³/mol. The quantitative estimate of drug-likeness (QED) is 0.505. The van der Waals surface area contributed by atoms with Crippen LogP contribution < -0.4 is 0 Å². The van der Waals surface area contributed by atoms with E-state index >= 15 is 0 Å². The van der Waals surface area contributed by atoms with Crippen LogP contribution in [0.4, 0.5) is 4.48 Å². The molecule has 64 valence electrons. The number of aliphatic hydroxyl groups excluding tert-OH is 1. The summed E-state index contributed by atoms with van der Waals surface area (Å²) in [5.41, 5.74) is 0.498. The summed E-state index contributed by atoms with van der Waals surface area (Å²) < 4.78 is 12.4. The Morgan fingerprint density at radius 2 is 2.33 bits per heavy atom. The number of rotatable bonds is 2. The van der Waals surface area contributed by atoms with E-state index in [4.69, 9.17) is 5.11 Å². The monoisotopic (exact) mass is 294 g/mol. The zero-order chi connectivity index (χ0) is 8.27. The van der Waals surface area contributed by atoms with Gasteiger partial charge in [-0.25, -0.2) is 0 Å². The van der Waals surface area contributed by atoms with Crippen LogP contribution in [-0.4, -0.2) is 17.3 Å². The first-order chi connectivity index (χ1) is 5.22. The van der Waals surface area contributed by atoms with Gasteiger partial charge in [0.05, 0.1) is 0 Å². The summed E-state index contributed by atoms with van der Waals surface area (Å²) in [5, 5.41) is 9.37. The number of nitrogens with zero attached hydrogens (tertiary/aromatic N) is 1. The molecule has 4 heteroatoms. The molecule has 0 spiro atoms. The van der Waals surface area contributed by atoms with Crippen molar-refractivity contribution in [2.75, 3.05) is 7.05 Å². The third-order valence-corrected chi connectivity index (χ3v) is 1.37. The maximum atomic E-state index is 12.4. The minimum Gasteiger partial charge on any atom is -0.383 e. The van der Waals surface area contributed by atoms with Gasteiger partial charge < -0.3 is 5.11 Å². The first-order valence-corrected chi connectivity index (χ1v) is 3.24. The van der Waals surface area contributed by atoms with Crippen LogP contribution in [0.15, 0.2) is 24.3 Å². The van der Waals surface area contributed by atoms with Gasteiger partial charge >= 0.3 is 0 Å². The normalized spacial score (nSPS) is 12.3. The Bertz CT molecular complexity index is 218. The standard InChI is InChI=1S/C8H9FNO.Ce/c1-10(9)8(11)7-5-3-2-4-6-7;/h2-3,5-6,8,11H,1H3;/q-1;. The molecular formula is C8H9CeFNO-. The van der Waals surface area contributed by atoms with Gasteiger partial charge in [-0.3, -0.25) is 0 Å². The summed E-state index contributed by atoms with van der Waals surface area (Å²) in [7, 11) is 1.16. The molecule has 0 aliphatic rings. The van der Waals surface area contributed by atoms with Crippen LogP contribution in [0.3, 0.4) is 0 Å². The fourth-order valence-electron chi connectivity index (χ4n) is 0.773. The van der Waals surface area contributed by atoms with Gasteiger partial charge in [0.15, 0.2) is 0 Å². The molecule has 1 aromatic carbocycles. The van der Waals surface area contributed by atoms with Gasteiger partial charge in [0.1, 0.15) is 6.23 Å². The fraction of sp³-hybridized carbons (Fsp3) is 0.250. The molecule has 1 aromatic rings. The molecule has 12 heavy (non-hydrogen) atoms. The summed E-state index contributed by atoms with van der Waals surface area (Å²) in [5.74, 6) is 0. The van der Waals surface area contributed by atoms with E-state index in [1.807, 2.05) is 0 Å².